The quantitative estimate of drug-likeness (QED) is 0.514. The number of methoxy groups -OCH3 is 1. The van der Waals surface area contributed by atoms with Crippen molar-refractivity contribution in [3.8, 4) is 0 Å². The van der Waals surface area contributed by atoms with Crippen LogP contribution in [-0.2, 0) is 9.53 Å². The summed E-state index contributed by atoms with van der Waals surface area (Å²) in [5, 5.41) is 27.5. The number of rotatable bonds is 6. The number of ether oxygens (including phenoxy) is 1. The van der Waals surface area contributed by atoms with Crippen molar-refractivity contribution < 1.29 is 24.9 Å². The molecule has 0 aromatic rings. The molecule has 82 valence electrons. The van der Waals surface area contributed by atoms with E-state index >= 15 is 0 Å². The summed E-state index contributed by atoms with van der Waals surface area (Å²) in [5.41, 5.74) is 0. The van der Waals surface area contributed by atoms with Crippen LogP contribution in [0.3, 0.4) is 0 Å². The Bertz CT molecular complexity index is 203. The van der Waals surface area contributed by atoms with Crippen molar-refractivity contribution in [2.75, 3.05) is 7.11 Å². The Morgan fingerprint density at radius 3 is 2.29 bits per heavy atom. The van der Waals surface area contributed by atoms with Gasteiger partial charge in [-0.05, 0) is 0 Å². The molecule has 0 fully saturated rings. The lowest BCUT2D eigenvalue weighted by molar-refractivity contribution is -0.159. The summed E-state index contributed by atoms with van der Waals surface area (Å²) in [4.78, 5) is 10.6. The minimum absolute atomic E-state index is 0.645. The van der Waals surface area contributed by atoms with E-state index in [2.05, 4.69) is 11.3 Å². The molecule has 2 unspecified atom stereocenters. The van der Waals surface area contributed by atoms with Crippen LogP contribution < -0.4 is 0 Å². The Morgan fingerprint density at radius 1 is 1.50 bits per heavy atom. The molecule has 0 aliphatic carbocycles. The van der Waals surface area contributed by atoms with E-state index in [1.54, 1.807) is 0 Å². The molecule has 0 aliphatic rings. The molecule has 0 bridgehead atoms. The third kappa shape index (κ3) is 3.10. The van der Waals surface area contributed by atoms with E-state index in [9.17, 15) is 15.0 Å². The lowest BCUT2D eigenvalue weighted by Crippen LogP contribution is -2.43. The van der Waals surface area contributed by atoms with Gasteiger partial charge in [0.2, 0.25) is 0 Å². The Morgan fingerprint density at radius 2 is 2.00 bits per heavy atom. The number of aliphatic hydroxyl groups is 2. The Balaban J connectivity index is 4.48. The van der Waals surface area contributed by atoms with Gasteiger partial charge in [0, 0.05) is 13.0 Å². The van der Waals surface area contributed by atoms with Gasteiger partial charge in [-0.3, -0.25) is 0 Å². The van der Waals surface area contributed by atoms with Crippen molar-refractivity contribution >= 4 is 5.97 Å². The standard InChI is InChI=1S/C9H16O5/c1-4-6(10)5(2)7(11)8(14-3)9(12)13/h4-8,10-11H,1H2,2-3H3,(H,12,13)/t5?,6-,7?,8-/m1/s1. The van der Waals surface area contributed by atoms with E-state index in [1.165, 1.54) is 20.1 Å². The van der Waals surface area contributed by atoms with Gasteiger partial charge in [0.1, 0.15) is 0 Å². The molecule has 0 saturated carbocycles. The maximum absolute atomic E-state index is 10.6. The molecular weight excluding hydrogens is 188 g/mol. The fraction of sp³-hybridized carbons (Fsp3) is 0.667. The lowest BCUT2D eigenvalue weighted by Gasteiger charge is -2.25. The highest BCUT2D eigenvalue weighted by Crippen LogP contribution is 2.15. The first-order valence-corrected chi connectivity index (χ1v) is 4.20. The number of hydrogen-bond acceptors (Lipinski definition) is 4. The number of carbonyl (C=O) groups is 1. The van der Waals surface area contributed by atoms with E-state index in [0.717, 1.165) is 0 Å². The van der Waals surface area contributed by atoms with Gasteiger partial charge in [-0.1, -0.05) is 13.0 Å². The predicted octanol–water partition coefficient (Wildman–Crippen LogP) is -0.370. The summed E-state index contributed by atoms with van der Waals surface area (Å²) in [7, 11) is 1.19. The number of aliphatic carboxylic acids is 1. The molecular formula is C9H16O5. The van der Waals surface area contributed by atoms with Crippen LogP contribution in [0.5, 0.6) is 0 Å². The summed E-state index contributed by atoms with van der Waals surface area (Å²) >= 11 is 0. The second-order valence-electron chi connectivity index (χ2n) is 3.07. The van der Waals surface area contributed by atoms with Crippen molar-refractivity contribution in [1.29, 1.82) is 0 Å². The largest absolute Gasteiger partial charge is 0.479 e. The van der Waals surface area contributed by atoms with Crippen molar-refractivity contribution in [3.05, 3.63) is 12.7 Å². The Hall–Kier alpha value is -0.910. The molecule has 0 aromatic carbocycles. The molecule has 0 aromatic heterocycles. The predicted molar refractivity (Wildman–Crippen MR) is 49.8 cm³/mol. The summed E-state index contributed by atoms with van der Waals surface area (Å²) in [5.74, 6) is -1.91. The first-order valence-electron chi connectivity index (χ1n) is 4.20. The minimum Gasteiger partial charge on any atom is -0.479 e. The highest BCUT2D eigenvalue weighted by Gasteiger charge is 2.33. The zero-order valence-corrected chi connectivity index (χ0v) is 8.25. The Labute approximate surface area is 82.6 Å². The topological polar surface area (TPSA) is 87.0 Å². The van der Waals surface area contributed by atoms with Crippen LogP contribution in [-0.4, -0.2) is 46.7 Å². The molecule has 0 amide bonds. The SMILES string of the molecule is C=C[C@@H](O)C(C)C(O)[C@@H](OC)C(=O)O. The molecule has 3 N–H and O–H groups in total. The van der Waals surface area contributed by atoms with Crippen molar-refractivity contribution in [1.82, 2.24) is 0 Å². The number of aliphatic hydroxyl groups excluding tert-OH is 2. The fourth-order valence-electron chi connectivity index (χ4n) is 1.08. The van der Waals surface area contributed by atoms with E-state index in [4.69, 9.17) is 5.11 Å². The zero-order valence-electron chi connectivity index (χ0n) is 8.25. The van der Waals surface area contributed by atoms with Crippen LogP contribution in [0.2, 0.25) is 0 Å². The zero-order chi connectivity index (χ0) is 11.3. The number of carboxylic acids is 1. The highest BCUT2D eigenvalue weighted by molar-refractivity contribution is 5.73. The first kappa shape index (κ1) is 13.1. The summed E-state index contributed by atoms with van der Waals surface area (Å²) in [6.45, 7) is 4.86. The third-order valence-corrected chi connectivity index (χ3v) is 2.13. The average molecular weight is 204 g/mol. The van der Waals surface area contributed by atoms with Crippen molar-refractivity contribution in [2.45, 2.75) is 25.2 Å². The van der Waals surface area contributed by atoms with Crippen LogP contribution in [0, 0.1) is 5.92 Å². The van der Waals surface area contributed by atoms with Gasteiger partial charge in [-0.25, -0.2) is 4.79 Å². The molecule has 0 rings (SSSR count). The minimum atomic E-state index is -1.33. The molecule has 4 atom stereocenters. The molecule has 0 spiro atoms. The van der Waals surface area contributed by atoms with E-state index in [0.29, 0.717) is 0 Å². The smallest absolute Gasteiger partial charge is 0.335 e. The fourth-order valence-corrected chi connectivity index (χ4v) is 1.08. The van der Waals surface area contributed by atoms with Gasteiger partial charge in [-0.15, -0.1) is 6.58 Å². The molecule has 5 nitrogen and oxygen atoms in total. The summed E-state index contributed by atoms with van der Waals surface area (Å²) < 4.78 is 4.59. The van der Waals surface area contributed by atoms with Gasteiger partial charge in [0.25, 0.3) is 0 Å². The maximum Gasteiger partial charge on any atom is 0.335 e. The van der Waals surface area contributed by atoms with Crippen LogP contribution in [0.15, 0.2) is 12.7 Å². The van der Waals surface area contributed by atoms with E-state index in [1.807, 2.05) is 0 Å². The van der Waals surface area contributed by atoms with Crippen LogP contribution >= 0.6 is 0 Å². The first-order chi connectivity index (χ1) is 6.45. The van der Waals surface area contributed by atoms with Crippen LogP contribution in [0.4, 0.5) is 0 Å². The van der Waals surface area contributed by atoms with Crippen LogP contribution in [0.25, 0.3) is 0 Å². The van der Waals surface area contributed by atoms with Crippen LogP contribution in [0.1, 0.15) is 6.92 Å². The molecule has 0 heterocycles. The highest BCUT2D eigenvalue weighted by atomic mass is 16.5. The van der Waals surface area contributed by atoms with Crippen molar-refractivity contribution in [3.63, 3.8) is 0 Å². The van der Waals surface area contributed by atoms with Gasteiger partial charge in [-0.2, -0.15) is 0 Å². The Kier molecular flexibility index (Phi) is 5.37. The normalized spacial score (nSPS) is 19.4. The molecule has 0 saturated heterocycles. The molecule has 0 radical (unpaired) electrons. The lowest BCUT2D eigenvalue weighted by atomic mass is 9.94. The second-order valence-corrected chi connectivity index (χ2v) is 3.07. The number of hydrogen-bond donors (Lipinski definition) is 3. The maximum atomic E-state index is 10.6. The van der Waals surface area contributed by atoms with Crippen molar-refractivity contribution in [2.24, 2.45) is 5.92 Å². The summed E-state index contributed by atoms with van der Waals surface area (Å²) in [6.07, 6.45) is -2.32. The summed E-state index contributed by atoms with van der Waals surface area (Å²) in [6, 6.07) is 0. The second kappa shape index (κ2) is 5.74. The molecule has 5 heteroatoms. The monoisotopic (exact) mass is 204 g/mol. The molecule has 14 heavy (non-hydrogen) atoms. The van der Waals surface area contributed by atoms with Gasteiger partial charge >= 0.3 is 5.97 Å². The third-order valence-electron chi connectivity index (χ3n) is 2.13. The van der Waals surface area contributed by atoms with Gasteiger partial charge in [0.05, 0.1) is 12.2 Å². The van der Waals surface area contributed by atoms with Gasteiger partial charge < -0.3 is 20.1 Å². The van der Waals surface area contributed by atoms with E-state index < -0.39 is 30.2 Å². The number of carboxylic acid groups (broad SMARTS) is 1. The van der Waals surface area contributed by atoms with Gasteiger partial charge in [0.15, 0.2) is 6.10 Å². The molecule has 0 aliphatic heterocycles. The average Bonchev–Trinajstić information content (AvgIpc) is 2.15. The van der Waals surface area contributed by atoms with E-state index in [-0.39, 0.29) is 0 Å².